The van der Waals surface area contributed by atoms with Crippen LogP contribution in [0.4, 0.5) is 5.69 Å². The molecule has 1 aliphatic rings. The number of carbonyl (C=O) groups excluding carboxylic acids is 1. The number of benzene rings is 1. The molecule has 1 aromatic carbocycles. The first-order valence-electron chi connectivity index (χ1n) is 5.74. The maximum absolute atomic E-state index is 10.4. The molecule has 3 heteroatoms. The molecule has 2 rings (SSSR count). The van der Waals surface area contributed by atoms with Crippen molar-refractivity contribution in [3.63, 3.8) is 0 Å². The number of piperidine rings is 1. The van der Waals surface area contributed by atoms with Gasteiger partial charge in [0.2, 0.25) is 0 Å². The van der Waals surface area contributed by atoms with Gasteiger partial charge in [-0.25, -0.2) is 0 Å². The highest BCUT2D eigenvalue weighted by molar-refractivity contribution is 6.30. The van der Waals surface area contributed by atoms with Crippen molar-refractivity contribution in [2.45, 2.75) is 19.3 Å². The number of aldehydes is 1. The second-order valence-electron chi connectivity index (χ2n) is 4.31. The Balaban J connectivity index is 1.96. The standard InChI is InChI=1S/C13H16ClNO/c14-12-2-1-3-13(10-12)15-7-4-11(5-8-15)6-9-16/h1-3,9-11H,4-8H2. The molecule has 0 spiro atoms. The smallest absolute Gasteiger partial charge is 0.120 e. The number of rotatable bonds is 3. The van der Waals surface area contributed by atoms with Crippen molar-refractivity contribution in [2.24, 2.45) is 5.92 Å². The van der Waals surface area contributed by atoms with E-state index in [1.54, 1.807) is 0 Å². The molecular weight excluding hydrogens is 222 g/mol. The lowest BCUT2D eigenvalue weighted by Gasteiger charge is -2.33. The summed E-state index contributed by atoms with van der Waals surface area (Å²) in [7, 11) is 0. The van der Waals surface area contributed by atoms with Crippen molar-refractivity contribution in [3.05, 3.63) is 29.3 Å². The molecule has 0 unspecified atom stereocenters. The van der Waals surface area contributed by atoms with Gasteiger partial charge in [0.1, 0.15) is 6.29 Å². The van der Waals surface area contributed by atoms with E-state index in [1.165, 1.54) is 5.69 Å². The van der Waals surface area contributed by atoms with Crippen LogP contribution in [0.2, 0.25) is 5.02 Å². The van der Waals surface area contributed by atoms with Crippen molar-refractivity contribution in [2.75, 3.05) is 18.0 Å². The Morgan fingerprint density at radius 2 is 2.12 bits per heavy atom. The minimum atomic E-state index is 0.577. The van der Waals surface area contributed by atoms with Gasteiger partial charge in [0.25, 0.3) is 0 Å². The van der Waals surface area contributed by atoms with Crippen LogP contribution in [0.15, 0.2) is 24.3 Å². The molecule has 0 atom stereocenters. The summed E-state index contributed by atoms with van der Waals surface area (Å²) in [6.45, 7) is 2.05. The van der Waals surface area contributed by atoms with Gasteiger partial charge in [-0.2, -0.15) is 0 Å². The quantitative estimate of drug-likeness (QED) is 0.753. The third kappa shape index (κ3) is 2.76. The molecule has 1 saturated heterocycles. The Hall–Kier alpha value is -1.02. The van der Waals surface area contributed by atoms with Gasteiger partial charge in [-0.1, -0.05) is 17.7 Å². The van der Waals surface area contributed by atoms with E-state index in [1.807, 2.05) is 18.2 Å². The second-order valence-corrected chi connectivity index (χ2v) is 4.75. The number of hydrogen-bond acceptors (Lipinski definition) is 2. The van der Waals surface area contributed by atoms with Gasteiger partial charge in [-0.15, -0.1) is 0 Å². The zero-order valence-corrected chi connectivity index (χ0v) is 9.99. The number of nitrogens with zero attached hydrogens (tertiary/aromatic N) is 1. The fraction of sp³-hybridized carbons (Fsp3) is 0.462. The lowest BCUT2D eigenvalue weighted by Crippen LogP contribution is -2.33. The lowest BCUT2D eigenvalue weighted by atomic mass is 9.94. The summed E-state index contributed by atoms with van der Waals surface area (Å²) in [5, 5.41) is 0.785. The molecule has 1 fully saturated rings. The highest BCUT2D eigenvalue weighted by Gasteiger charge is 2.18. The minimum absolute atomic E-state index is 0.577. The van der Waals surface area contributed by atoms with Crippen molar-refractivity contribution in [1.82, 2.24) is 0 Å². The van der Waals surface area contributed by atoms with Crippen LogP contribution in [0.3, 0.4) is 0 Å². The number of anilines is 1. The molecule has 1 heterocycles. The van der Waals surface area contributed by atoms with Crippen molar-refractivity contribution in [1.29, 1.82) is 0 Å². The Labute approximate surface area is 101 Å². The third-order valence-electron chi connectivity index (χ3n) is 3.22. The number of carbonyl (C=O) groups is 1. The van der Waals surface area contributed by atoms with Crippen LogP contribution in [0.25, 0.3) is 0 Å². The largest absolute Gasteiger partial charge is 0.371 e. The fourth-order valence-electron chi connectivity index (χ4n) is 2.24. The van der Waals surface area contributed by atoms with E-state index >= 15 is 0 Å². The van der Waals surface area contributed by atoms with Crippen molar-refractivity contribution < 1.29 is 4.79 Å². The highest BCUT2D eigenvalue weighted by Crippen LogP contribution is 2.26. The molecular formula is C13H16ClNO. The molecule has 86 valence electrons. The predicted octanol–water partition coefficient (Wildman–Crippen LogP) is 3.15. The molecule has 0 aromatic heterocycles. The van der Waals surface area contributed by atoms with Crippen LogP contribution in [-0.4, -0.2) is 19.4 Å². The maximum atomic E-state index is 10.4. The van der Waals surface area contributed by atoms with Crippen LogP contribution in [0.1, 0.15) is 19.3 Å². The van der Waals surface area contributed by atoms with Crippen LogP contribution in [0, 0.1) is 5.92 Å². The second kappa shape index (κ2) is 5.35. The average molecular weight is 238 g/mol. The van der Waals surface area contributed by atoms with Crippen molar-refractivity contribution >= 4 is 23.6 Å². The molecule has 1 aromatic rings. The molecule has 16 heavy (non-hydrogen) atoms. The molecule has 0 saturated carbocycles. The van der Waals surface area contributed by atoms with Crippen molar-refractivity contribution in [3.8, 4) is 0 Å². The molecule has 0 bridgehead atoms. The number of hydrogen-bond donors (Lipinski definition) is 0. The molecule has 0 aliphatic carbocycles. The van der Waals surface area contributed by atoms with Crippen LogP contribution in [-0.2, 0) is 4.79 Å². The lowest BCUT2D eigenvalue weighted by molar-refractivity contribution is -0.108. The fourth-order valence-corrected chi connectivity index (χ4v) is 2.42. The summed E-state index contributed by atoms with van der Waals surface area (Å²) in [4.78, 5) is 12.8. The molecule has 0 N–H and O–H groups in total. The van der Waals surface area contributed by atoms with E-state index in [2.05, 4.69) is 11.0 Å². The van der Waals surface area contributed by atoms with E-state index in [0.717, 1.165) is 37.2 Å². The van der Waals surface area contributed by atoms with Crippen LogP contribution >= 0.6 is 11.6 Å². The van der Waals surface area contributed by atoms with Crippen LogP contribution < -0.4 is 4.90 Å². The zero-order chi connectivity index (χ0) is 11.4. The van der Waals surface area contributed by atoms with Gasteiger partial charge in [-0.05, 0) is 37.0 Å². The normalized spacial score (nSPS) is 17.4. The van der Waals surface area contributed by atoms with E-state index in [-0.39, 0.29) is 0 Å². The van der Waals surface area contributed by atoms with Gasteiger partial charge in [-0.3, -0.25) is 0 Å². The molecule has 0 amide bonds. The Bertz CT molecular complexity index is 359. The topological polar surface area (TPSA) is 20.3 Å². The van der Waals surface area contributed by atoms with Gasteiger partial charge in [0, 0.05) is 30.2 Å². The van der Waals surface area contributed by atoms with E-state index in [0.29, 0.717) is 12.3 Å². The Morgan fingerprint density at radius 3 is 2.75 bits per heavy atom. The minimum Gasteiger partial charge on any atom is -0.371 e. The summed E-state index contributed by atoms with van der Waals surface area (Å²) >= 11 is 5.97. The summed E-state index contributed by atoms with van der Waals surface area (Å²) in [5.74, 6) is 0.577. The first-order valence-corrected chi connectivity index (χ1v) is 6.11. The Kier molecular flexibility index (Phi) is 3.83. The maximum Gasteiger partial charge on any atom is 0.120 e. The van der Waals surface area contributed by atoms with Gasteiger partial charge in [0.05, 0.1) is 0 Å². The van der Waals surface area contributed by atoms with Gasteiger partial charge >= 0.3 is 0 Å². The first kappa shape index (κ1) is 11.5. The van der Waals surface area contributed by atoms with E-state index in [4.69, 9.17) is 11.6 Å². The molecule has 1 aliphatic heterocycles. The summed E-state index contributed by atoms with van der Waals surface area (Å²) in [6.07, 6.45) is 3.96. The van der Waals surface area contributed by atoms with E-state index in [9.17, 15) is 4.79 Å². The average Bonchev–Trinajstić information content (AvgIpc) is 2.30. The monoisotopic (exact) mass is 237 g/mol. The molecule has 0 radical (unpaired) electrons. The van der Waals surface area contributed by atoms with Crippen LogP contribution in [0.5, 0.6) is 0 Å². The SMILES string of the molecule is O=CCC1CCN(c2cccc(Cl)c2)CC1. The Morgan fingerprint density at radius 1 is 1.38 bits per heavy atom. The summed E-state index contributed by atoms with van der Waals surface area (Å²) < 4.78 is 0. The molecule has 2 nitrogen and oxygen atoms in total. The predicted molar refractivity (Wildman–Crippen MR) is 67.1 cm³/mol. The highest BCUT2D eigenvalue weighted by atomic mass is 35.5. The summed E-state index contributed by atoms with van der Waals surface area (Å²) in [5.41, 5.74) is 1.19. The number of halogens is 1. The third-order valence-corrected chi connectivity index (χ3v) is 3.45. The van der Waals surface area contributed by atoms with Gasteiger partial charge in [0.15, 0.2) is 0 Å². The van der Waals surface area contributed by atoms with E-state index < -0.39 is 0 Å². The first-order chi connectivity index (χ1) is 7.79. The summed E-state index contributed by atoms with van der Waals surface area (Å²) in [6, 6.07) is 7.97. The van der Waals surface area contributed by atoms with Gasteiger partial charge < -0.3 is 9.69 Å². The zero-order valence-electron chi connectivity index (χ0n) is 9.23.